The summed E-state index contributed by atoms with van der Waals surface area (Å²) in [6, 6.07) is 11.4. The number of likely N-dealkylation sites (N-methyl/N-ethyl adjacent to an activating group) is 1. The Balaban J connectivity index is 1.74. The molecule has 0 radical (unpaired) electrons. The summed E-state index contributed by atoms with van der Waals surface area (Å²) in [7, 11) is 2.07. The molecule has 1 N–H and O–H groups in total. The Morgan fingerprint density at radius 2 is 2.23 bits per heavy atom. The van der Waals surface area contributed by atoms with Gasteiger partial charge >= 0.3 is 0 Å². The Bertz CT molecular complexity index is 635. The van der Waals surface area contributed by atoms with Crippen molar-refractivity contribution in [3.05, 3.63) is 64.7 Å². The van der Waals surface area contributed by atoms with Crippen LogP contribution in [-0.4, -0.2) is 29.5 Å². The smallest absolute Gasteiger partial charge is 0.142 e. The number of benzene rings is 1. The van der Waals surface area contributed by atoms with Crippen LogP contribution in [-0.2, 0) is 6.54 Å². The van der Waals surface area contributed by atoms with Crippen molar-refractivity contribution in [2.45, 2.75) is 25.0 Å². The lowest BCUT2D eigenvalue weighted by Gasteiger charge is -2.26. The zero-order chi connectivity index (χ0) is 15.5. The molecular formula is C17H19ClFN3. The van der Waals surface area contributed by atoms with Crippen LogP contribution in [0, 0.1) is 5.82 Å². The van der Waals surface area contributed by atoms with E-state index in [4.69, 9.17) is 11.6 Å². The number of halogens is 2. The van der Waals surface area contributed by atoms with E-state index in [1.807, 2.05) is 24.3 Å². The fourth-order valence-electron chi connectivity index (χ4n) is 3.08. The Morgan fingerprint density at radius 3 is 2.95 bits per heavy atom. The minimum Gasteiger partial charge on any atom is -0.306 e. The third-order valence-electron chi connectivity index (χ3n) is 4.21. The highest BCUT2D eigenvalue weighted by Gasteiger charge is 2.33. The first-order valence-electron chi connectivity index (χ1n) is 7.43. The van der Waals surface area contributed by atoms with Gasteiger partial charge in [-0.3, -0.25) is 9.88 Å². The van der Waals surface area contributed by atoms with E-state index < -0.39 is 0 Å². The van der Waals surface area contributed by atoms with Gasteiger partial charge in [-0.05, 0) is 43.3 Å². The Kier molecular flexibility index (Phi) is 4.71. The zero-order valence-corrected chi connectivity index (χ0v) is 13.2. The third-order valence-corrected chi connectivity index (χ3v) is 4.51. The first kappa shape index (κ1) is 15.4. The van der Waals surface area contributed by atoms with E-state index in [1.165, 1.54) is 0 Å². The maximum Gasteiger partial charge on any atom is 0.142 e. The molecule has 0 saturated carbocycles. The van der Waals surface area contributed by atoms with Crippen molar-refractivity contribution in [3.63, 3.8) is 0 Å². The maximum absolute atomic E-state index is 13.8. The highest BCUT2D eigenvalue weighted by molar-refractivity contribution is 6.30. The van der Waals surface area contributed by atoms with Gasteiger partial charge in [0.05, 0.1) is 10.7 Å². The van der Waals surface area contributed by atoms with Crippen LogP contribution in [0.2, 0.25) is 5.02 Å². The molecule has 0 unspecified atom stereocenters. The van der Waals surface area contributed by atoms with Crippen LogP contribution in [0.25, 0.3) is 0 Å². The Morgan fingerprint density at radius 1 is 1.36 bits per heavy atom. The Labute approximate surface area is 135 Å². The first-order chi connectivity index (χ1) is 10.6. The molecule has 3 nitrogen and oxygen atoms in total. The molecule has 0 spiro atoms. The van der Waals surface area contributed by atoms with E-state index >= 15 is 0 Å². The van der Waals surface area contributed by atoms with Gasteiger partial charge < -0.3 is 5.32 Å². The molecule has 5 heteroatoms. The molecule has 1 saturated heterocycles. The number of nitrogens with zero attached hydrogens (tertiary/aromatic N) is 2. The minimum atomic E-state index is -0.358. The molecule has 2 heterocycles. The Hall–Kier alpha value is -1.49. The van der Waals surface area contributed by atoms with Crippen LogP contribution in [0.5, 0.6) is 0 Å². The second kappa shape index (κ2) is 6.73. The van der Waals surface area contributed by atoms with Gasteiger partial charge in [0.15, 0.2) is 0 Å². The number of likely N-dealkylation sites (tertiary alicyclic amines) is 1. The van der Waals surface area contributed by atoms with Crippen molar-refractivity contribution < 1.29 is 4.39 Å². The average Bonchev–Trinajstić information content (AvgIpc) is 2.90. The van der Waals surface area contributed by atoms with Crippen LogP contribution in [0.4, 0.5) is 4.39 Å². The van der Waals surface area contributed by atoms with Gasteiger partial charge in [0, 0.05) is 31.4 Å². The van der Waals surface area contributed by atoms with E-state index in [0.717, 1.165) is 24.2 Å². The number of aromatic nitrogens is 1. The summed E-state index contributed by atoms with van der Waals surface area (Å²) in [6.07, 6.45) is 2.82. The van der Waals surface area contributed by atoms with Gasteiger partial charge in [-0.25, -0.2) is 4.39 Å². The van der Waals surface area contributed by atoms with Crippen molar-refractivity contribution in [1.82, 2.24) is 15.2 Å². The van der Waals surface area contributed by atoms with Crippen LogP contribution < -0.4 is 5.32 Å². The van der Waals surface area contributed by atoms with Gasteiger partial charge in [-0.15, -0.1) is 0 Å². The SMILES string of the molecule is CN1CC[C@H](NCc2ccccn2)[C@@H]1c1ccc(Cl)c(F)c1. The van der Waals surface area contributed by atoms with Gasteiger partial charge in [0.1, 0.15) is 5.82 Å². The molecule has 1 aliphatic rings. The molecule has 1 aromatic carbocycles. The predicted octanol–water partition coefficient (Wildman–Crippen LogP) is 3.41. The van der Waals surface area contributed by atoms with Crippen molar-refractivity contribution >= 4 is 11.6 Å². The third kappa shape index (κ3) is 3.29. The molecule has 2 atom stereocenters. The summed E-state index contributed by atoms with van der Waals surface area (Å²) >= 11 is 5.79. The molecule has 0 bridgehead atoms. The van der Waals surface area contributed by atoms with Crippen molar-refractivity contribution in [3.8, 4) is 0 Å². The first-order valence-corrected chi connectivity index (χ1v) is 7.81. The van der Waals surface area contributed by atoms with E-state index in [0.29, 0.717) is 6.54 Å². The standard InChI is InChI=1S/C17H19ClFN3/c1-22-9-7-16(21-11-13-4-2-3-8-20-13)17(22)12-5-6-14(18)15(19)10-12/h2-6,8,10,16-17,21H,7,9,11H2,1H3/t16-,17-/m0/s1. The zero-order valence-electron chi connectivity index (χ0n) is 12.5. The number of hydrogen-bond donors (Lipinski definition) is 1. The number of rotatable bonds is 4. The monoisotopic (exact) mass is 319 g/mol. The van der Waals surface area contributed by atoms with Crippen LogP contribution >= 0.6 is 11.6 Å². The number of nitrogens with one attached hydrogen (secondary N) is 1. The molecule has 1 aromatic heterocycles. The van der Waals surface area contributed by atoms with Gasteiger partial charge in [-0.1, -0.05) is 23.7 Å². The van der Waals surface area contributed by atoms with Crippen molar-refractivity contribution in [1.29, 1.82) is 0 Å². The normalized spacial score (nSPS) is 22.1. The molecule has 2 aromatic rings. The van der Waals surface area contributed by atoms with Crippen molar-refractivity contribution in [2.24, 2.45) is 0 Å². The molecule has 1 fully saturated rings. The lowest BCUT2D eigenvalue weighted by molar-refractivity contribution is 0.285. The van der Waals surface area contributed by atoms with Gasteiger partial charge in [0.2, 0.25) is 0 Å². The molecular weight excluding hydrogens is 301 g/mol. The van der Waals surface area contributed by atoms with E-state index in [-0.39, 0.29) is 22.9 Å². The summed E-state index contributed by atoms with van der Waals surface area (Å²) in [5, 5.41) is 3.72. The second-order valence-electron chi connectivity index (χ2n) is 5.70. The van der Waals surface area contributed by atoms with Crippen LogP contribution in [0.1, 0.15) is 23.7 Å². The highest BCUT2D eigenvalue weighted by atomic mass is 35.5. The largest absolute Gasteiger partial charge is 0.306 e. The topological polar surface area (TPSA) is 28.2 Å². The van der Waals surface area contributed by atoms with Crippen molar-refractivity contribution in [2.75, 3.05) is 13.6 Å². The lowest BCUT2D eigenvalue weighted by Crippen LogP contribution is -2.34. The molecule has 0 amide bonds. The fourth-order valence-corrected chi connectivity index (χ4v) is 3.20. The average molecular weight is 320 g/mol. The molecule has 3 rings (SSSR count). The molecule has 1 aliphatic heterocycles. The molecule has 0 aliphatic carbocycles. The minimum absolute atomic E-state index is 0.149. The summed E-state index contributed by atoms with van der Waals surface area (Å²) in [5.41, 5.74) is 1.97. The molecule has 116 valence electrons. The second-order valence-corrected chi connectivity index (χ2v) is 6.10. The van der Waals surface area contributed by atoms with Gasteiger partial charge in [-0.2, -0.15) is 0 Å². The summed E-state index contributed by atoms with van der Waals surface area (Å²) in [4.78, 5) is 6.58. The van der Waals surface area contributed by atoms with E-state index in [2.05, 4.69) is 22.2 Å². The predicted molar refractivity (Wildman–Crippen MR) is 86.3 cm³/mol. The van der Waals surface area contributed by atoms with E-state index in [9.17, 15) is 4.39 Å². The number of hydrogen-bond acceptors (Lipinski definition) is 3. The van der Waals surface area contributed by atoms with E-state index in [1.54, 1.807) is 18.3 Å². The summed E-state index contributed by atoms with van der Waals surface area (Å²) in [6.45, 7) is 1.70. The van der Waals surface area contributed by atoms with Gasteiger partial charge in [0.25, 0.3) is 0 Å². The lowest BCUT2D eigenvalue weighted by atomic mass is 10.00. The quantitative estimate of drug-likeness (QED) is 0.936. The summed E-state index contributed by atoms with van der Waals surface area (Å²) < 4.78 is 13.8. The van der Waals surface area contributed by atoms with Crippen LogP contribution in [0.3, 0.4) is 0 Å². The number of pyridine rings is 1. The van der Waals surface area contributed by atoms with Crippen LogP contribution in [0.15, 0.2) is 42.6 Å². The summed E-state index contributed by atoms with van der Waals surface area (Å²) in [5.74, 6) is -0.358. The highest BCUT2D eigenvalue weighted by Crippen LogP contribution is 2.32. The maximum atomic E-state index is 13.8. The molecule has 22 heavy (non-hydrogen) atoms. The fraction of sp³-hybridized carbons (Fsp3) is 0.353.